The Morgan fingerprint density at radius 2 is 1.80 bits per heavy atom. The van der Waals surface area contributed by atoms with E-state index in [-0.39, 0.29) is 17.2 Å². The molecule has 8 heteroatoms. The highest BCUT2D eigenvalue weighted by atomic mass is 16.6. The van der Waals surface area contributed by atoms with Gasteiger partial charge in [0.15, 0.2) is 0 Å². The third kappa shape index (κ3) is 4.91. The molecular formula is C22H21N3O5. The highest BCUT2D eigenvalue weighted by Crippen LogP contribution is 2.21. The molecule has 2 amide bonds. The number of nitrogens with zero attached hydrogens (tertiary/aromatic N) is 1. The van der Waals surface area contributed by atoms with Gasteiger partial charge in [-0.1, -0.05) is 24.3 Å². The van der Waals surface area contributed by atoms with Crippen LogP contribution in [0.3, 0.4) is 0 Å². The van der Waals surface area contributed by atoms with Gasteiger partial charge >= 0.3 is 0 Å². The van der Waals surface area contributed by atoms with Gasteiger partial charge in [-0.2, -0.15) is 0 Å². The summed E-state index contributed by atoms with van der Waals surface area (Å²) in [5.41, 5.74) is 0.848. The summed E-state index contributed by atoms with van der Waals surface area (Å²) in [6, 6.07) is 16.1. The Morgan fingerprint density at radius 3 is 2.53 bits per heavy atom. The maximum atomic E-state index is 12.4. The minimum Gasteiger partial charge on any atom is -0.497 e. The summed E-state index contributed by atoms with van der Waals surface area (Å²) >= 11 is 0. The SMILES string of the molecule is COc1ccc2cc(CNC(=O)[C@@H](C)NC(=O)c3cccc([N+](=O)[O-])c3)ccc2c1. The summed E-state index contributed by atoms with van der Waals surface area (Å²) in [5, 5.41) is 18.2. The molecule has 0 spiro atoms. The number of non-ortho nitro benzene ring substituents is 1. The van der Waals surface area contributed by atoms with Crippen LogP contribution in [0.15, 0.2) is 60.7 Å². The summed E-state index contributed by atoms with van der Waals surface area (Å²) in [4.78, 5) is 34.9. The van der Waals surface area contributed by atoms with E-state index in [9.17, 15) is 19.7 Å². The molecule has 2 N–H and O–H groups in total. The molecule has 0 aliphatic carbocycles. The van der Waals surface area contributed by atoms with E-state index in [2.05, 4.69) is 10.6 Å². The van der Waals surface area contributed by atoms with Crippen LogP contribution >= 0.6 is 0 Å². The van der Waals surface area contributed by atoms with Gasteiger partial charge in [-0.15, -0.1) is 0 Å². The van der Waals surface area contributed by atoms with Gasteiger partial charge in [-0.3, -0.25) is 19.7 Å². The van der Waals surface area contributed by atoms with E-state index in [1.54, 1.807) is 14.0 Å². The molecule has 0 radical (unpaired) electrons. The normalized spacial score (nSPS) is 11.5. The molecule has 0 aliphatic heterocycles. The maximum absolute atomic E-state index is 12.4. The number of methoxy groups -OCH3 is 1. The van der Waals surface area contributed by atoms with Crippen LogP contribution in [0.25, 0.3) is 10.8 Å². The Balaban J connectivity index is 1.59. The van der Waals surface area contributed by atoms with Crippen molar-refractivity contribution in [1.29, 1.82) is 0 Å². The Hall–Kier alpha value is -3.94. The molecule has 3 aromatic rings. The summed E-state index contributed by atoms with van der Waals surface area (Å²) in [6.07, 6.45) is 0. The third-order valence-corrected chi connectivity index (χ3v) is 4.64. The molecule has 0 bridgehead atoms. The number of amides is 2. The van der Waals surface area contributed by atoms with Gasteiger partial charge in [0.25, 0.3) is 11.6 Å². The lowest BCUT2D eigenvalue weighted by Gasteiger charge is -2.14. The van der Waals surface area contributed by atoms with Crippen molar-refractivity contribution < 1.29 is 19.2 Å². The third-order valence-electron chi connectivity index (χ3n) is 4.64. The van der Waals surface area contributed by atoms with E-state index in [1.165, 1.54) is 24.3 Å². The highest BCUT2D eigenvalue weighted by Gasteiger charge is 2.18. The fraction of sp³-hybridized carbons (Fsp3) is 0.182. The standard InChI is InChI=1S/C22H21N3O5/c1-14(24-22(27)18-4-3-5-19(11-18)25(28)29)21(26)23-13-15-6-7-17-12-20(30-2)9-8-16(17)10-15/h3-12,14H,13H2,1-2H3,(H,23,26)(H,24,27)/t14-/m1/s1. The van der Waals surface area contributed by atoms with E-state index in [0.29, 0.717) is 6.54 Å². The number of fused-ring (bicyclic) bond motifs is 1. The van der Waals surface area contributed by atoms with Crippen LogP contribution in [0.5, 0.6) is 5.75 Å². The van der Waals surface area contributed by atoms with E-state index in [1.807, 2.05) is 36.4 Å². The minimum atomic E-state index is -0.804. The van der Waals surface area contributed by atoms with Crippen LogP contribution in [-0.4, -0.2) is 29.9 Å². The molecule has 0 aliphatic rings. The Bertz CT molecular complexity index is 1110. The lowest BCUT2D eigenvalue weighted by atomic mass is 10.1. The van der Waals surface area contributed by atoms with E-state index in [0.717, 1.165) is 22.1 Å². The Kier molecular flexibility index (Phi) is 6.26. The number of benzene rings is 3. The predicted molar refractivity (Wildman–Crippen MR) is 112 cm³/mol. The quantitative estimate of drug-likeness (QED) is 0.462. The lowest BCUT2D eigenvalue weighted by Crippen LogP contribution is -2.44. The second-order valence-electron chi connectivity index (χ2n) is 6.77. The van der Waals surface area contributed by atoms with Crippen LogP contribution in [0.4, 0.5) is 5.69 Å². The van der Waals surface area contributed by atoms with Gasteiger partial charge < -0.3 is 15.4 Å². The lowest BCUT2D eigenvalue weighted by molar-refractivity contribution is -0.384. The minimum absolute atomic E-state index is 0.119. The van der Waals surface area contributed by atoms with Crippen LogP contribution in [0.2, 0.25) is 0 Å². The fourth-order valence-corrected chi connectivity index (χ4v) is 2.96. The Labute approximate surface area is 173 Å². The highest BCUT2D eigenvalue weighted by molar-refractivity contribution is 5.97. The monoisotopic (exact) mass is 407 g/mol. The first-order valence-electron chi connectivity index (χ1n) is 9.27. The molecule has 0 saturated carbocycles. The summed E-state index contributed by atoms with van der Waals surface area (Å²) < 4.78 is 5.21. The smallest absolute Gasteiger partial charge is 0.270 e. The molecule has 0 heterocycles. The summed E-state index contributed by atoms with van der Waals surface area (Å²) in [7, 11) is 1.62. The summed E-state index contributed by atoms with van der Waals surface area (Å²) in [5.74, 6) is -0.138. The van der Waals surface area contributed by atoms with Crippen molar-refractivity contribution in [3.05, 3.63) is 81.9 Å². The molecule has 30 heavy (non-hydrogen) atoms. The number of hydrogen-bond acceptors (Lipinski definition) is 5. The zero-order chi connectivity index (χ0) is 21.7. The van der Waals surface area contributed by atoms with Crippen molar-refractivity contribution >= 4 is 28.3 Å². The fourth-order valence-electron chi connectivity index (χ4n) is 2.96. The second-order valence-corrected chi connectivity index (χ2v) is 6.77. The van der Waals surface area contributed by atoms with Crippen molar-refractivity contribution in [3.8, 4) is 5.75 Å². The van der Waals surface area contributed by atoms with Gasteiger partial charge in [-0.05, 0) is 47.5 Å². The second kappa shape index (κ2) is 9.04. The maximum Gasteiger partial charge on any atom is 0.270 e. The number of nitro groups is 1. The first-order chi connectivity index (χ1) is 14.4. The van der Waals surface area contributed by atoms with Crippen LogP contribution in [0, 0.1) is 10.1 Å². The van der Waals surface area contributed by atoms with E-state index >= 15 is 0 Å². The number of carbonyl (C=O) groups excluding carboxylic acids is 2. The summed E-state index contributed by atoms with van der Waals surface area (Å²) in [6.45, 7) is 1.86. The molecular weight excluding hydrogens is 386 g/mol. The van der Waals surface area contributed by atoms with Gasteiger partial charge in [0, 0.05) is 24.2 Å². The molecule has 3 rings (SSSR count). The van der Waals surface area contributed by atoms with E-state index in [4.69, 9.17) is 4.74 Å². The number of hydrogen-bond donors (Lipinski definition) is 2. The molecule has 3 aromatic carbocycles. The molecule has 0 saturated heterocycles. The molecule has 154 valence electrons. The zero-order valence-electron chi connectivity index (χ0n) is 16.5. The number of rotatable bonds is 7. The average Bonchev–Trinajstić information content (AvgIpc) is 2.76. The largest absolute Gasteiger partial charge is 0.497 e. The van der Waals surface area contributed by atoms with Crippen molar-refractivity contribution in [2.75, 3.05) is 7.11 Å². The van der Waals surface area contributed by atoms with Crippen LogP contribution < -0.4 is 15.4 Å². The number of nitrogens with one attached hydrogen (secondary N) is 2. The number of ether oxygens (including phenoxy) is 1. The van der Waals surface area contributed by atoms with E-state index < -0.39 is 16.9 Å². The molecule has 0 unspecified atom stereocenters. The van der Waals surface area contributed by atoms with Gasteiger partial charge in [0.05, 0.1) is 12.0 Å². The van der Waals surface area contributed by atoms with Crippen LogP contribution in [0.1, 0.15) is 22.8 Å². The van der Waals surface area contributed by atoms with Gasteiger partial charge in [0.2, 0.25) is 5.91 Å². The molecule has 0 aromatic heterocycles. The van der Waals surface area contributed by atoms with Gasteiger partial charge in [0.1, 0.15) is 11.8 Å². The zero-order valence-corrected chi connectivity index (χ0v) is 16.5. The van der Waals surface area contributed by atoms with Crippen LogP contribution in [-0.2, 0) is 11.3 Å². The predicted octanol–water partition coefficient (Wildman–Crippen LogP) is 3.19. The van der Waals surface area contributed by atoms with Crippen molar-refractivity contribution in [3.63, 3.8) is 0 Å². The average molecular weight is 407 g/mol. The molecule has 1 atom stereocenters. The van der Waals surface area contributed by atoms with Crippen molar-refractivity contribution in [1.82, 2.24) is 10.6 Å². The number of carbonyl (C=O) groups is 2. The van der Waals surface area contributed by atoms with Crippen molar-refractivity contribution in [2.45, 2.75) is 19.5 Å². The first kappa shape index (κ1) is 20.8. The Morgan fingerprint density at radius 1 is 1.07 bits per heavy atom. The van der Waals surface area contributed by atoms with Crippen molar-refractivity contribution in [2.24, 2.45) is 0 Å². The first-order valence-corrected chi connectivity index (χ1v) is 9.27. The molecule has 0 fully saturated rings. The molecule has 8 nitrogen and oxygen atoms in total. The number of nitro benzene ring substituents is 1. The van der Waals surface area contributed by atoms with Gasteiger partial charge in [-0.25, -0.2) is 0 Å². The topological polar surface area (TPSA) is 111 Å².